The number of imide groups is 1. The van der Waals surface area contributed by atoms with Gasteiger partial charge in [0.25, 0.3) is 17.7 Å². The number of nitrogens with one attached hydrogen (secondary N) is 1. The van der Waals surface area contributed by atoms with E-state index in [0.717, 1.165) is 0 Å². The van der Waals surface area contributed by atoms with E-state index < -0.39 is 0 Å². The molecule has 1 heterocycles. The van der Waals surface area contributed by atoms with Crippen LogP contribution in [0.5, 0.6) is 5.75 Å². The molecule has 0 bridgehead atoms. The van der Waals surface area contributed by atoms with Gasteiger partial charge in [0, 0.05) is 6.54 Å². The van der Waals surface area contributed by atoms with Crippen LogP contribution in [0, 0.1) is 0 Å². The summed E-state index contributed by atoms with van der Waals surface area (Å²) in [6.07, 6.45) is 0. The molecule has 0 saturated carbocycles. The number of benzene rings is 2. The molecule has 0 saturated heterocycles. The minimum atomic E-state index is -0.323. The molecule has 0 aliphatic carbocycles. The van der Waals surface area contributed by atoms with Crippen molar-refractivity contribution in [3.8, 4) is 5.75 Å². The van der Waals surface area contributed by atoms with Crippen molar-refractivity contribution in [2.45, 2.75) is 13.5 Å². The SMILES string of the molecule is CCNC(=O)c1cc(CN2C(=O)c3ccccc3C2=O)ccc1OC. The molecular weight excluding hydrogens is 320 g/mol. The van der Waals surface area contributed by atoms with E-state index in [1.807, 2.05) is 6.92 Å². The number of fused-ring (bicyclic) bond motifs is 1. The van der Waals surface area contributed by atoms with Crippen molar-refractivity contribution in [1.82, 2.24) is 10.2 Å². The van der Waals surface area contributed by atoms with Crippen LogP contribution in [0.3, 0.4) is 0 Å². The van der Waals surface area contributed by atoms with Gasteiger partial charge in [0.15, 0.2) is 0 Å². The summed E-state index contributed by atoms with van der Waals surface area (Å²) >= 11 is 0. The minimum Gasteiger partial charge on any atom is -0.496 e. The molecule has 6 heteroatoms. The Bertz CT molecular complexity index is 825. The van der Waals surface area contributed by atoms with E-state index in [2.05, 4.69) is 5.32 Å². The Morgan fingerprint density at radius 1 is 1.08 bits per heavy atom. The summed E-state index contributed by atoms with van der Waals surface area (Å²) in [7, 11) is 1.49. The predicted octanol–water partition coefficient (Wildman–Crippen LogP) is 2.24. The van der Waals surface area contributed by atoms with E-state index in [1.165, 1.54) is 12.0 Å². The zero-order valence-corrected chi connectivity index (χ0v) is 14.0. The molecule has 1 aliphatic heterocycles. The maximum Gasteiger partial charge on any atom is 0.261 e. The van der Waals surface area contributed by atoms with Gasteiger partial charge >= 0.3 is 0 Å². The van der Waals surface area contributed by atoms with Crippen molar-refractivity contribution in [2.24, 2.45) is 0 Å². The molecule has 2 aromatic carbocycles. The van der Waals surface area contributed by atoms with Crippen molar-refractivity contribution >= 4 is 17.7 Å². The Hall–Kier alpha value is -3.15. The van der Waals surface area contributed by atoms with Gasteiger partial charge in [-0.15, -0.1) is 0 Å². The van der Waals surface area contributed by atoms with Crippen LogP contribution in [0.4, 0.5) is 0 Å². The predicted molar refractivity (Wildman–Crippen MR) is 91.6 cm³/mol. The lowest BCUT2D eigenvalue weighted by atomic mass is 10.1. The van der Waals surface area contributed by atoms with Gasteiger partial charge in [0.1, 0.15) is 5.75 Å². The van der Waals surface area contributed by atoms with Crippen molar-refractivity contribution in [1.29, 1.82) is 0 Å². The van der Waals surface area contributed by atoms with Crippen LogP contribution < -0.4 is 10.1 Å². The summed E-state index contributed by atoms with van der Waals surface area (Å²) in [5.41, 5.74) is 1.87. The van der Waals surface area contributed by atoms with E-state index in [1.54, 1.807) is 42.5 Å². The molecule has 3 rings (SSSR count). The topological polar surface area (TPSA) is 75.7 Å². The van der Waals surface area contributed by atoms with E-state index in [-0.39, 0.29) is 24.3 Å². The van der Waals surface area contributed by atoms with Crippen LogP contribution in [0.25, 0.3) is 0 Å². The van der Waals surface area contributed by atoms with Gasteiger partial charge in [0.2, 0.25) is 0 Å². The third kappa shape index (κ3) is 2.98. The normalized spacial score (nSPS) is 13.0. The Labute approximate surface area is 145 Å². The minimum absolute atomic E-state index is 0.0999. The lowest BCUT2D eigenvalue weighted by molar-refractivity contribution is 0.0642. The molecule has 0 spiro atoms. The van der Waals surface area contributed by atoms with Crippen molar-refractivity contribution < 1.29 is 19.1 Å². The highest BCUT2D eigenvalue weighted by atomic mass is 16.5. The number of methoxy groups -OCH3 is 1. The molecule has 1 aliphatic rings. The van der Waals surface area contributed by atoms with Gasteiger partial charge in [0.05, 0.1) is 30.3 Å². The number of hydrogen-bond acceptors (Lipinski definition) is 4. The van der Waals surface area contributed by atoms with Gasteiger partial charge in [-0.3, -0.25) is 19.3 Å². The first-order valence-corrected chi connectivity index (χ1v) is 7.97. The zero-order chi connectivity index (χ0) is 18.0. The van der Waals surface area contributed by atoms with Crippen LogP contribution in [0.2, 0.25) is 0 Å². The number of rotatable bonds is 5. The lowest BCUT2D eigenvalue weighted by Crippen LogP contribution is -2.29. The monoisotopic (exact) mass is 338 g/mol. The van der Waals surface area contributed by atoms with Crippen LogP contribution in [0.15, 0.2) is 42.5 Å². The Kier molecular flexibility index (Phi) is 4.52. The molecule has 2 aromatic rings. The molecule has 25 heavy (non-hydrogen) atoms. The molecule has 0 radical (unpaired) electrons. The van der Waals surface area contributed by atoms with Crippen molar-refractivity contribution in [2.75, 3.05) is 13.7 Å². The summed E-state index contributed by atoms with van der Waals surface area (Å²) < 4.78 is 5.22. The van der Waals surface area contributed by atoms with Crippen LogP contribution >= 0.6 is 0 Å². The second-order valence-electron chi connectivity index (χ2n) is 5.64. The molecule has 3 amide bonds. The van der Waals surface area contributed by atoms with Crippen molar-refractivity contribution in [3.05, 3.63) is 64.7 Å². The quantitative estimate of drug-likeness (QED) is 0.849. The number of ether oxygens (including phenoxy) is 1. The summed E-state index contributed by atoms with van der Waals surface area (Å²) in [5.74, 6) is -0.465. The molecule has 0 fully saturated rings. The summed E-state index contributed by atoms with van der Waals surface area (Å²) in [5, 5.41) is 2.72. The number of carbonyl (C=O) groups excluding carboxylic acids is 3. The second kappa shape index (κ2) is 6.76. The Morgan fingerprint density at radius 3 is 2.28 bits per heavy atom. The molecule has 0 atom stereocenters. The number of carbonyl (C=O) groups is 3. The van der Waals surface area contributed by atoms with Crippen molar-refractivity contribution in [3.63, 3.8) is 0 Å². The van der Waals surface area contributed by atoms with Gasteiger partial charge in [-0.2, -0.15) is 0 Å². The molecular formula is C19H18N2O4. The average molecular weight is 338 g/mol. The lowest BCUT2D eigenvalue weighted by Gasteiger charge is -2.16. The van der Waals surface area contributed by atoms with E-state index in [0.29, 0.717) is 34.5 Å². The maximum absolute atomic E-state index is 12.5. The van der Waals surface area contributed by atoms with E-state index >= 15 is 0 Å². The van der Waals surface area contributed by atoms with E-state index in [9.17, 15) is 14.4 Å². The summed E-state index contributed by atoms with van der Waals surface area (Å²) in [4.78, 5) is 38.3. The fourth-order valence-electron chi connectivity index (χ4n) is 2.85. The summed E-state index contributed by atoms with van der Waals surface area (Å²) in [6.45, 7) is 2.42. The number of hydrogen-bond donors (Lipinski definition) is 1. The highest BCUT2D eigenvalue weighted by Crippen LogP contribution is 2.26. The van der Waals surface area contributed by atoms with Gasteiger partial charge in [-0.25, -0.2) is 0 Å². The maximum atomic E-state index is 12.5. The fourth-order valence-corrected chi connectivity index (χ4v) is 2.85. The first-order chi connectivity index (χ1) is 12.1. The van der Waals surface area contributed by atoms with Crippen LogP contribution in [-0.4, -0.2) is 36.3 Å². The molecule has 1 N–H and O–H groups in total. The molecule has 128 valence electrons. The third-order valence-electron chi connectivity index (χ3n) is 4.06. The average Bonchev–Trinajstić information content (AvgIpc) is 2.87. The first kappa shape index (κ1) is 16.7. The fraction of sp³-hybridized carbons (Fsp3) is 0.211. The number of amides is 3. The molecule has 0 aromatic heterocycles. The van der Waals surface area contributed by atoms with Crippen LogP contribution in [0.1, 0.15) is 43.6 Å². The van der Waals surface area contributed by atoms with E-state index in [4.69, 9.17) is 4.74 Å². The second-order valence-corrected chi connectivity index (χ2v) is 5.64. The molecule has 6 nitrogen and oxygen atoms in total. The Balaban J connectivity index is 1.89. The largest absolute Gasteiger partial charge is 0.496 e. The summed E-state index contributed by atoms with van der Waals surface area (Å²) in [6, 6.07) is 11.8. The molecule has 0 unspecified atom stereocenters. The zero-order valence-electron chi connectivity index (χ0n) is 14.0. The first-order valence-electron chi connectivity index (χ1n) is 7.97. The standard InChI is InChI=1S/C19H18N2O4/c1-3-20-17(22)15-10-12(8-9-16(15)25-2)11-21-18(23)13-6-4-5-7-14(13)19(21)24/h4-10H,3,11H2,1-2H3,(H,20,22). The van der Waals surface area contributed by atoms with Crippen LogP contribution in [-0.2, 0) is 6.54 Å². The van der Waals surface area contributed by atoms with Gasteiger partial charge in [-0.1, -0.05) is 18.2 Å². The third-order valence-corrected chi connectivity index (χ3v) is 4.06. The number of nitrogens with zero attached hydrogens (tertiary/aromatic N) is 1. The van der Waals surface area contributed by atoms with Gasteiger partial charge < -0.3 is 10.1 Å². The Morgan fingerprint density at radius 2 is 1.72 bits per heavy atom. The van der Waals surface area contributed by atoms with Gasteiger partial charge in [-0.05, 0) is 36.8 Å². The highest BCUT2D eigenvalue weighted by molar-refractivity contribution is 6.21. The smallest absolute Gasteiger partial charge is 0.261 e. The highest BCUT2D eigenvalue weighted by Gasteiger charge is 2.35.